The van der Waals surface area contributed by atoms with Crippen LogP contribution in [0, 0.1) is 5.92 Å². The highest BCUT2D eigenvalue weighted by Gasteiger charge is 2.28. The van der Waals surface area contributed by atoms with Gasteiger partial charge in [-0.25, -0.2) is 0 Å². The van der Waals surface area contributed by atoms with Gasteiger partial charge in [-0.2, -0.15) is 0 Å². The molecule has 0 radical (unpaired) electrons. The van der Waals surface area contributed by atoms with Crippen molar-refractivity contribution in [3.05, 3.63) is 0 Å². The number of likely N-dealkylation sites (tertiary alicyclic amines) is 1. The Balaban J connectivity index is 1.69. The van der Waals surface area contributed by atoms with Crippen molar-refractivity contribution < 1.29 is 0 Å². The van der Waals surface area contributed by atoms with Crippen LogP contribution in [0.15, 0.2) is 0 Å². The minimum Gasteiger partial charge on any atom is -0.314 e. The Kier molecular flexibility index (Phi) is 4.66. The summed E-state index contributed by atoms with van der Waals surface area (Å²) in [6, 6.07) is 1.58. The summed E-state index contributed by atoms with van der Waals surface area (Å²) in [5.74, 6) is 1.03. The number of nitrogens with zero attached hydrogens (tertiary/aromatic N) is 1. The Morgan fingerprint density at radius 2 is 2.06 bits per heavy atom. The first kappa shape index (κ1) is 12.4. The molecule has 2 atom stereocenters. The highest BCUT2D eigenvalue weighted by atomic mass is 15.2. The van der Waals surface area contributed by atoms with Crippen LogP contribution in [0.5, 0.6) is 0 Å². The van der Waals surface area contributed by atoms with E-state index >= 15 is 0 Å². The van der Waals surface area contributed by atoms with Crippen LogP contribution in [0.2, 0.25) is 0 Å². The van der Waals surface area contributed by atoms with Crippen LogP contribution in [0.3, 0.4) is 0 Å². The summed E-state index contributed by atoms with van der Waals surface area (Å²) in [7, 11) is 0. The zero-order chi connectivity index (χ0) is 11.4. The van der Waals surface area contributed by atoms with Crippen molar-refractivity contribution in [1.82, 2.24) is 10.2 Å². The van der Waals surface area contributed by atoms with Gasteiger partial charge in [0.1, 0.15) is 0 Å². The van der Waals surface area contributed by atoms with Gasteiger partial charge in [-0.3, -0.25) is 0 Å². The molecule has 1 aliphatic heterocycles. The van der Waals surface area contributed by atoms with E-state index in [2.05, 4.69) is 24.1 Å². The first-order valence-electron chi connectivity index (χ1n) is 7.27. The number of piperidine rings is 1. The molecule has 1 N–H and O–H groups in total. The van der Waals surface area contributed by atoms with Gasteiger partial charge in [0.2, 0.25) is 0 Å². The highest BCUT2D eigenvalue weighted by Crippen LogP contribution is 2.29. The second kappa shape index (κ2) is 6.02. The third-order valence-electron chi connectivity index (χ3n) is 4.41. The second-order valence-corrected chi connectivity index (χ2v) is 5.82. The Labute approximate surface area is 101 Å². The highest BCUT2D eigenvalue weighted by molar-refractivity contribution is 4.85. The summed E-state index contributed by atoms with van der Waals surface area (Å²) < 4.78 is 0. The summed E-state index contributed by atoms with van der Waals surface area (Å²) in [5, 5.41) is 3.68. The summed E-state index contributed by atoms with van der Waals surface area (Å²) >= 11 is 0. The Morgan fingerprint density at radius 3 is 2.62 bits per heavy atom. The van der Waals surface area contributed by atoms with E-state index in [-0.39, 0.29) is 0 Å². The molecule has 0 aromatic rings. The Bertz CT molecular complexity index is 201. The smallest absolute Gasteiger partial charge is 0.00940 e. The van der Waals surface area contributed by atoms with E-state index in [0.717, 1.165) is 18.0 Å². The lowest BCUT2D eigenvalue weighted by Gasteiger charge is -2.41. The summed E-state index contributed by atoms with van der Waals surface area (Å²) in [6.07, 6.45) is 8.43. The van der Waals surface area contributed by atoms with Crippen LogP contribution in [0.1, 0.15) is 52.4 Å². The number of hydrogen-bond acceptors (Lipinski definition) is 2. The Hall–Kier alpha value is -0.0800. The van der Waals surface area contributed by atoms with Crippen LogP contribution < -0.4 is 5.32 Å². The van der Waals surface area contributed by atoms with Crippen LogP contribution in [-0.4, -0.2) is 36.6 Å². The van der Waals surface area contributed by atoms with Crippen LogP contribution >= 0.6 is 0 Å². The first-order valence-corrected chi connectivity index (χ1v) is 7.27. The molecule has 1 aliphatic carbocycles. The molecule has 1 saturated carbocycles. The molecule has 0 amide bonds. The molecule has 0 spiro atoms. The zero-order valence-electron chi connectivity index (χ0n) is 11.0. The van der Waals surface area contributed by atoms with Crippen molar-refractivity contribution in [2.24, 2.45) is 5.92 Å². The van der Waals surface area contributed by atoms with Crippen molar-refractivity contribution in [3.8, 4) is 0 Å². The maximum Gasteiger partial charge on any atom is 0.00940 e. The van der Waals surface area contributed by atoms with Crippen molar-refractivity contribution in [1.29, 1.82) is 0 Å². The van der Waals surface area contributed by atoms with E-state index in [1.807, 2.05) is 0 Å². The largest absolute Gasteiger partial charge is 0.314 e. The van der Waals surface area contributed by atoms with Gasteiger partial charge in [-0.15, -0.1) is 0 Å². The fourth-order valence-electron chi connectivity index (χ4n) is 3.03. The predicted octanol–water partition coefficient (Wildman–Crippen LogP) is 2.64. The van der Waals surface area contributed by atoms with Gasteiger partial charge in [-0.1, -0.05) is 13.3 Å². The molecule has 1 saturated heterocycles. The molecular weight excluding hydrogens is 196 g/mol. The van der Waals surface area contributed by atoms with Crippen LogP contribution in [0.25, 0.3) is 0 Å². The average molecular weight is 224 g/mol. The van der Waals surface area contributed by atoms with Crippen molar-refractivity contribution in [2.45, 2.75) is 64.5 Å². The van der Waals surface area contributed by atoms with Gasteiger partial charge >= 0.3 is 0 Å². The van der Waals surface area contributed by atoms with E-state index in [1.165, 1.54) is 58.2 Å². The molecule has 94 valence electrons. The number of rotatable bonds is 5. The first-order chi connectivity index (χ1) is 7.79. The second-order valence-electron chi connectivity index (χ2n) is 5.82. The van der Waals surface area contributed by atoms with Gasteiger partial charge in [0.25, 0.3) is 0 Å². The average Bonchev–Trinajstić information content (AvgIpc) is 2.22. The van der Waals surface area contributed by atoms with Gasteiger partial charge < -0.3 is 10.2 Å². The van der Waals surface area contributed by atoms with E-state index < -0.39 is 0 Å². The molecule has 2 rings (SSSR count). The molecule has 1 heterocycles. The molecule has 0 bridgehead atoms. The molecular formula is C14H28N2. The number of hydrogen-bond donors (Lipinski definition) is 1. The molecule has 16 heavy (non-hydrogen) atoms. The van der Waals surface area contributed by atoms with Crippen LogP contribution in [-0.2, 0) is 0 Å². The molecule has 2 heteroatoms. The lowest BCUT2D eigenvalue weighted by Crippen LogP contribution is -2.49. The van der Waals surface area contributed by atoms with Gasteiger partial charge in [0, 0.05) is 18.6 Å². The fraction of sp³-hybridized carbons (Fsp3) is 1.00. The van der Waals surface area contributed by atoms with Crippen LogP contribution in [0.4, 0.5) is 0 Å². The standard InChI is InChI=1S/C14H28N2/c1-3-8-15-14-7-9-16(12(2)10-14)11-13-5-4-6-13/h12-15H,3-11H2,1-2H3. The monoisotopic (exact) mass is 224 g/mol. The summed E-state index contributed by atoms with van der Waals surface area (Å²) in [4.78, 5) is 2.73. The quantitative estimate of drug-likeness (QED) is 0.772. The van der Waals surface area contributed by atoms with E-state index in [0.29, 0.717) is 0 Å². The van der Waals surface area contributed by atoms with Gasteiger partial charge in [-0.05, 0) is 58.0 Å². The zero-order valence-corrected chi connectivity index (χ0v) is 11.0. The van der Waals surface area contributed by atoms with Gasteiger partial charge in [0.15, 0.2) is 0 Å². The van der Waals surface area contributed by atoms with Crippen molar-refractivity contribution in [3.63, 3.8) is 0 Å². The molecule has 0 aromatic carbocycles. The maximum atomic E-state index is 3.68. The van der Waals surface area contributed by atoms with Crippen molar-refractivity contribution in [2.75, 3.05) is 19.6 Å². The lowest BCUT2D eigenvalue weighted by atomic mass is 9.84. The molecule has 2 nitrogen and oxygen atoms in total. The molecule has 2 aliphatic rings. The van der Waals surface area contributed by atoms with E-state index in [9.17, 15) is 0 Å². The van der Waals surface area contributed by atoms with Gasteiger partial charge in [0.05, 0.1) is 0 Å². The molecule has 0 aromatic heterocycles. The number of nitrogens with one attached hydrogen (secondary N) is 1. The maximum absolute atomic E-state index is 3.68. The topological polar surface area (TPSA) is 15.3 Å². The summed E-state index contributed by atoms with van der Waals surface area (Å²) in [5.41, 5.74) is 0. The van der Waals surface area contributed by atoms with E-state index in [1.54, 1.807) is 0 Å². The summed E-state index contributed by atoms with van der Waals surface area (Å²) in [6.45, 7) is 8.56. The third-order valence-corrected chi connectivity index (χ3v) is 4.41. The minimum absolute atomic E-state index is 0.785. The normalized spacial score (nSPS) is 32.6. The molecule has 2 fully saturated rings. The van der Waals surface area contributed by atoms with Crippen molar-refractivity contribution >= 4 is 0 Å². The fourth-order valence-corrected chi connectivity index (χ4v) is 3.03. The SMILES string of the molecule is CCCNC1CCN(CC2CCC2)C(C)C1. The van der Waals surface area contributed by atoms with E-state index in [4.69, 9.17) is 0 Å². The Morgan fingerprint density at radius 1 is 1.25 bits per heavy atom. The molecule has 2 unspecified atom stereocenters. The third kappa shape index (κ3) is 3.21. The lowest BCUT2D eigenvalue weighted by molar-refractivity contribution is 0.0945. The minimum atomic E-state index is 0.785. The predicted molar refractivity (Wildman–Crippen MR) is 69.7 cm³/mol.